The van der Waals surface area contributed by atoms with Gasteiger partial charge in [0.15, 0.2) is 0 Å². The number of rotatable bonds is 17. The summed E-state index contributed by atoms with van der Waals surface area (Å²) >= 11 is 1.67. The van der Waals surface area contributed by atoms with Crippen molar-refractivity contribution in [1.29, 1.82) is 0 Å². The summed E-state index contributed by atoms with van der Waals surface area (Å²) in [7, 11) is 0. The number of carbonyl (C=O) groups excluding carboxylic acids is 1. The molecule has 0 N–H and O–H groups in total. The van der Waals surface area contributed by atoms with Gasteiger partial charge in [-0.25, -0.2) is 14.8 Å². The van der Waals surface area contributed by atoms with Crippen molar-refractivity contribution in [3.05, 3.63) is 78.4 Å². The quantitative estimate of drug-likeness (QED) is 0.0289. The smallest absolute Gasteiger partial charge is 0.335 e. The zero-order valence-corrected chi connectivity index (χ0v) is 28.7. The summed E-state index contributed by atoms with van der Waals surface area (Å²) in [5, 5.41) is 10.2. The first-order valence-corrected chi connectivity index (χ1v) is 18.5. The molecule has 244 valence electrons. The van der Waals surface area contributed by atoms with Crippen LogP contribution in [-0.4, -0.2) is 23.7 Å². The zero-order valence-electron chi connectivity index (χ0n) is 27.9. The van der Waals surface area contributed by atoms with Crippen LogP contribution in [0.1, 0.15) is 108 Å². The van der Waals surface area contributed by atoms with Crippen molar-refractivity contribution in [3.8, 4) is 5.75 Å². The van der Waals surface area contributed by atoms with Crippen LogP contribution >= 0.6 is 11.3 Å². The van der Waals surface area contributed by atoms with Crippen molar-refractivity contribution < 1.29 is 9.53 Å². The molecule has 0 amide bonds. The summed E-state index contributed by atoms with van der Waals surface area (Å²) in [6, 6.07) is 18.9. The predicted molar refractivity (Wildman–Crippen MR) is 196 cm³/mol. The SMILES string of the molecule is C=CC(=O)Oc1ccc2cc(CCCC(CCC)CCCCC)ccc2c1/C=N/N(CC1CCCCC1)c1nc2ccccc2s1. The van der Waals surface area contributed by atoms with E-state index in [0.29, 0.717) is 11.7 Å². The van der Waals surface area contributed by atoms with Crippen LogP contribution in [0.3, 0.4) is 0 Å². The van der Waals surface area contributed by atoms with Gasteiger partial charge in [-0.3, -0.25) is 0 Å². The number of benzene rings is 3. The third kappa shape index (κ3) is 9.28. The maximum Gasteiger partial charge on any atom is 0.335 e. The van der Waals surface area contributed by atoms with Crippen LogP contribution in [0.5, 0.6) is 5.75 Å². The molecular weight excluding hydrogens is 587 g/mol. The van der Waals surface area contributed by atoms with Gasteiger partial charge < -0.3 is 4.74 Å². The fourth-order valence-corrected chi connectivity index (χ4v) is 7.85. The molecule has 1 fully saturated rings. The van der Waals surface area contributed by atoms with Crippen LogP contribution in [0.15, 0.2) is 72.4 Å². The highest BCUT2D eigenvalue weighted by Gasteiger charge is 2.20. The molecule has 3 aromatic carbocycles. The highest BCUT2D eigenvalue weighted by molar-refractivity contribution is 7.22. The minimum atomic E-state index is -0.476. The van der Waals surface area contributed by atoms with Crippen LogP contribution in [0, 0.1) is 11.8 Å². The van der Waals surface area contributed by atoms with Gasteiger partial charge in [-0.05, 0) is 72.1 Å². The van der Waals surface area contributed by atoms with Crippen molar-refractivity contribution in [2.24, 2.45) is 16.9 Å². The molecule has 1 aliphatic rings. The molecule has 0 bridgehead atoms. The van der Waals surface area contributed by atoms with Gasteiger partial charge in [0.25, 0.3) is 0 Å². The molecule has 5 rings (SSSR count). The van der Waals surface area contributed by atoms with Crippen LogP contribution in [0.2, 0.25) is 0 Å². The average Bonchev–Trinajstić information content (AvgIpc) is 3.52. The number of hydrogen-bond donors (Lipinski definition) is 0. The Bertz CT molecular complexity index is 1570. The van der Waals surface area contributed by atoms with Crippen molar-refractivity contribution in [3.63, 3.8) is 0 Å². The predicted octanol–water partition coefficient (Wildman–Crippen LogP) is 11.3. The number of aromatic nitrogens is 1. The number of esters is 1. The highest BCUT2D eigenvalue weighted by Crippen LogP contribution is 2.33. The van der Waals surface area contributed by atoms with Crippen LogP contribution < -0.4 is 9.75 Å². The van der Waals surface area contributed by atoms with Crippen molar-refractivity contribution >= 4 is 49.6 Å². The molecule has 0 spiro atoms. The Labute approximate surface area is 279 Å². The summed E-state index contributed by atoms with van der Waals surface area (Å²) in [5.74, 6) is 1.44. The third-order valence-electron chi connectivity index (χ3n) is 9.44. The number of thiazole rings is 1. The van der Waals surface area contributed by atoms with Gasteiger partial charge in [-0.15, -0.1) is 0 Å². The fourth-order valence-electron chi connectivity index (χ4n) is 6.92. The Balaban J connectivity index is 1.41. The average molecular weight is 638 g/mol. The van der Waals surface area contributed by atoms with Crippen LogP contribution in [-0.2, 0) is 11.2 Å². The maximum absolute atomic E-state index is 12.3. The molecule has 0 radical (unpaired) electrons. The molecule has 1 unspecified atom stereocenters. The van der Waals surface area contributed by atoms with Gasteiger partial charge in [0.2, 0.25) is 5.13 Å². The van der Waals surface area contributed by atoms with Gasteiger partial charge in [0.1, 0.15) is 5.75 Å². The summed E-state index contributed by atoms with van der Waals surface area (Å²) in [6.45, 7) is 9.03. The van der Waals surface area contributed by atoms with E-state index in [2.05, 4.69) is 67.9 Å². The normalized spacial score (nSPS) is 14.7. The van der Waals surface area contributed by atoms with Crippen molar-refractivity contribution in [2.75, 3.05) is 11.6 Å². The van der Waals surface area contributed by atoms with E-state index in [-0.39, 0.29) is 0 Å². The maximum atomic E-state index is 12.3. The van der Waals surface area contributed by atoms with E-state index in [0.717, 1.165) is 50.6 Å². The van der Waals surface area contributed by atoms with Crippen molar-refractivity contribution in [1.82, 2.24) is 4.98 Å². The minimum Gasteiger partial charge on any atom is -0.423 e. The number of hydrazone groups is 1. The Morgan fingerprint density at radius 1 is 1.02 bits per heavy atom. The number of para-hydroxylation sites is 1. The van der Waals surface area contributed by atoms with E-state index in [1.807, 2.05) is 18.3 Å². The first-order chi connectivity index (χ1) is 22.6. The van der Waals surface area contributed by atoms with Crippen molar-refractivity contribution in [2.45, 2.75) is 104 Å². The van der Waals surface area contributed by atoms with Crippen LogP contribution in [0.4, 0.5) is 5.13 Å². The monoisotopic (exact) mass is 637 g/mol. The molecule has 1 aromatic heterocycles. The molecule has 1 atom stereocenters. The second-order valence-electron chi connectivity index (χ2n) is 13.0. The minimum absolute atomic E-state index is 0.476. The van der Waals surface area contributed by atoms with E-state index in [9.17, 15) is 4.79 Å². The first-order valence-electron chi connectivity index (χ1n) is 17.6. The number of carbonyl (C=O) groups is 1. The van der Waals surface area contributed by atoms with Gasteiger partial charge in [-0.2, -0.15) is 5.10 Å². The molecule has 6 heteroatoms. The Hall–Kier alpha value is -3.51. The van der Waals surface area contributed by atoms with E-state index < -0.39 is 5.97 Å². The lowest BCUT2D eigenvalue weighted by Gasteiger charge is -2.26. The second-order valence-corrected chi connectivity index (χ2v) is 14.0. The molecule has 46 heavy (non-hydrogen) atoms. The first kappa shape index (κ1) is 33.8. The lowest BCUT2D eigenvalue weighted by molar-refractivity contribution is -0.128. The third-order valence-corrected chi connectivity index (χ3v) is 10.5. The Kier molecular flexibility index (Phi) is 12.8. The summed E-state index contributed by atoms with van der Waals surface area (Å²) in [6.07, 6.45) is 20.9. The Morgan fingerprint density at radius 3 is 2.63 bits per heavy atom. The van der Waals surface area contributed by atoms with Crippen LogP contribution in [0.25, 0.3) is 21.0 Å². The zero-order chi connectivity index (χ0) is 32.1. The van der Waals surface area contributed by atoms with E-state index >= 15 is 0 Å². The van der Waals surface area contributed by atoms with Gasteiger partial charge in [0.05, 0.1) is 16.4 Å². The summed E-state index contributed by atoms with van der Waals surface area (Å²) < 4.78 is 6.90. The molecular formula is C40H51N3O2S. The highest BCUT2D eigenvalue weighted by atomic mass is 32.1. The summed E-state index contributed by atoms with van der Waals surface area (Å²) in [5.41, 5.74) is 3.14. The second kappa shape index (κ2) is 17.4. The fraction of sp³-hybridized carbons (Fsp3) is 0.475. The molecule has 1 heterocycles. The topological polar surface area (TPSA) is 54.8 Å². The number of anilines is 1. The lowest BCUT2D eigenvalue weighted by Crippen LogP contribution is -2.26. The Morgan fingerprint density at radius 2 is 1.85 bits per heavy atom. The molecule has 0 saturated heterocycles. The molecule has 1 saturated carbocycles. The standard InChI is InChI=1S/C40H51N3O2S/c1-4-7-9-16-30(15-5-2)19-14-20-31-23-25-34-33(27-31)24-26-37(45-39(44)6-3)35(34)28-41-43(29-32-17-10-8-11-18-32)40-42-36-21-12-13-22-38(36)46-40/h6,12-13,21-28,30,32H,3-5,7-11,14-20,29H2,1-2H3/b41-28+. The number of ether oxygens (including phenoxy) is 1. The number of nitrogens with zero attached hydrogens (tertiary/aromatic N) is 3. The largest absolute Gasteiger partial charge is 0.423 e. The molecule has 5 nitrogen and oxygen atoms in total. The van der Waals surface area contributed by atoms with Gasteiger partial charge in [-0.1, -0.05) is 132 Å². The number of aryl methyl sites for hydroxylation is 1. The number of hydrogen-bond acceptors (Lipinski definition) is 6. The van der Waals surface area contributed by atoms with E-state index in [1.165, 1.54) is 95.1 Å². The lowest BCUT2D eigenvalue weighted by atomic mass is 9.89. The van der Waals surface area contributed by atoms with Gasteiger partial charge in [0, 0.05) is 18.2 Å². The molecule has 4 aromatic rings. The number of unbranched alkanes of at least 4 members (excludes halogenated alkanes) is 2. The van der Waals surface area contributed by atoms with E-state index in [4.69, 9.17) is 14.8 Å². The van der Waals surface area contributed by atoms with Gasteiger partial charge >= 0.3 is 5.97 Å². The number of fused-ring (bicyclic) bond motifs is 2. The molecule has 0 aliphatic heterocycles. The molecule has 1 aliphatic carbocycles. The summed E-state index contributed by atoms with van der Waals surface area (Å²) in [4.78, 5) is 17.3. The van der Waals surface area contributed by atoms with E-state index in [1.54, 1.807) is 11.3 Å².